The van der Waals surface area contributed by atoms with Crippen LogP contribution in [0.1, 0.15) is 21.5 Å². The van der Waals surface area contributed by atoms with Gasteiger partial charge in [0.1, 0.15) is 0 Å². The number of ketones is 1. The molecule has 19 heavy (non-hydrogen) atoms. The largest absolute Gasteiger partial charge is 0.289 e. The number of carbonyl (C=O) groups excluding carboxylic acids is 1. The molecule has 0 unspecified atom stereocenters. The Labute approximate surface area is 111 Å². The first-order chi connectivity index (χ1) is 9.27. The van der Waals surface area contributed by atoms with E-state index in [2.05, 4.69) is 4.98 Å². The van der Waals surface area contributed by atoms with Crippen LogP contribution in [0.2, 0.25) is 0 Å². The molecular formula is C17H13NO. The number of aryl methyl sites for hydroxylation is 1. The number of benzene rings is 2. The molecule has 0 fully saturated rings. The molecule has 0 radical (unpaired) electrons. The maximum atomic E-state index is 12.6. The molecule has 2 heteroatoms. The SMILES string of the molecule is Cc1ccccc1C(=O)c1cccc2cccnc12. The van der Waals surface area contributed by atoms with Crippen molar-refractivity contribution in [2.24, 2.45) is 0 Å². The van der Waals surface area contributed by atoms with E-state index in [1.807, 2.05) is 61.5 Å². The second-order valence-corrected chi connectivity index (χ2v) is 4.52. The van der Waals surface area contributed by atoms with Crippen molar-refractivity contribution in [2.75, 3.05) is 0 Å². The number of nitrogens with zero attached hydrogens (tertiary/aromatic N) is 1. The van der Waals surface area contributed by atoms with E-state index in [1.54, 1.807) is 6.20 Å². The van der Waals surface area contributed by atoms with E-state index >= 15 is 0 Å². The molecule has 0 aliphatic heterocycles. The third kappa shape index (κ3) is 2.02. The predicted molar refractivity (Wildman–Crippen MR) is 76.4 cm³/mol. The van der Waals surface area contributed by atoms with Gasteiger partial charge in [0.15, 0.2) is 5.78 Å². The minimum Gasteiger partial charge on any atom is -0.289 e. The van der Waals surface area contributed by atoms with Crippen LogP contribution in [-0.2, 0) is 0 Å². The molecule has 0 bridgehead atoms. The highest BCUT2D eigenvalue weighted by Crippen LogP contribution is 2.20. The molecule has 0 amide bonds. The fourth-order valence-electron chi connectivity index (χ4n) is 2.26. The summed E-state index contributed by atoms with van der Waals surface area (Å²) < 4.78 is 0. The topological polar surface area (TPSA) is 30.0 Å². The van der Waals surface area contributed by atoms with Crippen molar-refractivity contribution in [1.29, 1.82) is 0 Å². The first-order valence-electron chi connectivity index (χ1n) is 6.21. The molecule has 2 aromatic carbocycles. The lowest BCUT2D eigenvalue weighted by Gasteiger charge is -2.07. The normalized spacial score (nSPS) is 10.6. The van der Waals surface area contributed by atoms with Crippen molar-refractivity contribution in [2.45, 2.75) is 6.92 Å². The molecule has 0 aliphatic rings. The Morgan fingerprint density at radius 2 is 1.63 bits per heavy atom. The Balaban J connectivity index is 2.20. The molecule has 2 nitrogen and oxygen atoms in total. The lowest BCUT2D eigenvalue weighted by atomic mass is 9.97. The first-order valence-corrected chi connectivity index (χ1v) is 6.21. The number of rotatable bonds is 2. The van der Waals surface area contributed by atoms with Crippen LogP contribution in [-0.4, -0.2) is 10.8 Å². The molecule has 92 valence electrons. The van der Waals surface area contributed by atoms with E-state index in [1.165, 1.54) is 0 Å². The summed E-state index contributed by atoms with van der Waals surface area (Å²) in [5.74, 6) is 0.0300. The van der Waals surface area contributed by atoms with Crippen LogP contribution < -0.4 is 0 Å². The van der Waals surface area contributed by atoms with Gasteiger partial charge >= 0.3 is 0 Å². The molecule has 0 atom stereocenters. The van der Waals surface area contributed by atoms with Gasteiger partial charge in [0.25, 0.3) is 0 Å². The summed E-state index contributed by atoms with van der Waals surface area (Å²) in [5.41, 5.74) is 3.15. The zero-order chi connectivity index (χ0) is 13.2. The lowest BCUT2D eigenvalue weighted by molar-refractivity contribution is 0.103. The van der Waals surface area contributed by atoms with Crippen molar-refractivity contribution >= 4 is 16.7 Å². The number of hydrogen-bond donors (Lipinski definition) is 0. The molecule has 1 heterocycles. The highest BCUT2D eigenvalue weighted by Gasteiger charge is 2.14. The predicted octanol–water partition coefficient (Wildman–Crippen LogP) is 3.77. The van der Waals surface area contributed by atoms with Crippen LogP contribution in [0.3, 0.4) is 0 Å². The maximum absolute atomic E-state index is 12.6. The molecule has 3 aromatic rings. The average Bonchev–Trinajstić information content (AvgIpc) is 2.46. The van der Waals surface area contributed by atoms with Gasteiger partial charge in [0.2, 0.25) is 0 Å². The fraction of sp³-hybridized carbons (Fsp3) is 0.0588. The second-order valence-electron chi connectivity index (χ2n) is 4.52. The first kappa shape index (κ1) is 11.6. The molecule has 1 aromatic heterocycles. The van der Waals surface area contributed by atoms with Crippen molar-refractivity contribution in [3.05, 3.63) is 77.5 Å². The van der Waals surface area contributed by atoms with Crippen LogP contribution >= 0.6 is 0 Å². The zero-order valence-electron chi connectivity index (χ0n) is 10.6. The molecule has 0 N–H and O–H groups in total. The summed E-state index contributed by atoms with van der Waals surface area (Å²) in [4.78, 5) is 17.0. The summed E-state index contributed by atoms with van der Waals surface area (Å²) in [6, 6.07) is 17.2. The minimum atomic E-state index is 0.0300. The Hall–Kier alpha value is -2.48. The van der Waals surface area contributed by atoms with Gasteiger partial charge in [-0.2, -0.15) is 0 Å². The Morgan fingerprint density at radius 3 is 2.47 bits per heavy atom. The van der Waals surface area contributed by atoms with Gasteiger partial charge in [-0.05, 0) is 24.6 Å². The van der Waals surface area contributed by atoms with Gasteiger partial charge in [-0.25, -0.2) is 0 Å². The van der Waals surface area contributed by atoms with E-state index in [-0.39, 0.29) is 5.78 Å². The summed E-state index contributed by atoms with van der Waals surface area (Å²) in [6.45, 7) is 1.95. The summed E-state index contributed by atoms with van der Waals surface area (Å²) in [5, 5.41) is 0.988. The van der Waals surface area contributed by atoms with E-state index in [4.69, 9.17) is 0 Å². The third-order valence-electron chi connectivity index (χ3n) is 3.27. The van der Waals surface area contributed by atoms with Crippen LogP contribution in [0.4, 0.5) is 0 Å². The number of fused-ring (bicyclic) bond motifs is 1. The van der Waals surface area contributed by atoms with Gasteiger partial charge < -0.3 is 0 Å². The van der Waals surface area contributed by atoms with E-state index in [0.29, 0.717) is 5.56 Å². The quantitative estimate of drug-likeness (QED) is 0.645. The fourth-order valence-corrected chi connectivity index (χ4v) is 2.26. The van der Waals surface area contributed by atoms with Crippen molar-refractivity contribution in [3.63, 3.8) is 0 Å². The monoisotopic (exact) mass is 247 g/mol. The smallest absolute Gasteiger partial charge is 0.195 e. The summed E-state index contributed by atoms with van der Waals surface area (Å²) in [6.07, 6.45) is 1.72. The molecule has 0 saturated carbocycles. The number of para-hydroxylation sites is 1. The Bertz CT molecular complexity index is 757. The van der Waals surface area contributed by atoms with Gasteiger partial charge in [-0.1, -0.05) is 42.5 Å². The second kappa shape index (κ2) is 4.65. The molecule has 0 spiro atoms. The molecule has 0 aliphatic carbocycles. The number of pyridine rings is 1. The number of hydrogen-bond acceptors (Lipinski definition) is 2. The van der Waals surface area contributed by atoms with Gasteiger partial charge in [-0.3, -0.25) is 9.78 Å². The van der Waals surface area contributed by atoms with Crippen molar-refractivity contribution in [1.82, 2.24) is 4.98 Å². The average molecular weight is 247 g/mol. The Morgan fingerprint density at radius 1 is 0.895 bits per heavy atom. The zero-order valence-corrected chi connectivity index (χ0v) is 10.6. The highest BCUT2D eigenvalue weighted by molar-refractivity contribution is 6.16. The van der Waals surface area contributed by atoms with Crippen molar-refractivity contribution < 1.29 is 4.79 Å². The summed E-state index contributed by atoms with van der Waals surface area (Å²) in [7, 11) is 0. The molecular weight excluding hydrogens is 234 g/mol. The van der Waals surface area contributed by atoms with E-state index in [9.17, 15) is 4.79 Å². The molecule has 0 saturated heterocycles. The van der Waals surface area contributed by atoms with E-state index in [0.717, 1.165) is 22.0 Å². The van der Waals surface area contributed by atoms with Gasteiger partial charge in [0.05, 0.1) is 5.52 Å². The Kier molecular flexibility index (Phi) is 2.84. The number of carbonyl (C=O) groups is 1. The minimum absolute atomic E-state index is 0.0300. The van der Waals surface area contributed by atoms with Gasteiger partial charge in [0, 0.05) is 22.7 Å². The van der Waals surface area contributed by atoms with Gasteiger partial charge in [-0.15, -0.1) is 0 Å². The van der Waals surface area contributed by atoms with Crippen LogP contribution in [0.15, 0.2) is 60.8 Å². The maximum Gasteiger partial charge on any atom is 0.195 e. The lowest BCUT2D eigenvalue weighted by Crippen LogP contribution is -2.04. The van der Waals surface area contributed by atoms with Crippen LogP contribution in [0.5, 0.6) is 0 Å². The van der Waals surface area contributed by atoms with Crippen LogP contribution in [0, 0.1) is 6.92 Å². The third-order valence-corrected chi connectivity index (χ3v) is 3.27. The highest BCUT2D eigenvalue weighted by atomic mass is 16.1. The summed E-state index contributed by atoms with van der Waals surface area (Å²) >= 11 is 0. The van der Waals surface area contributed by atoms with E-state index < -0.39 is 0 Å². The molecule has 3 rings (SSSR count). The van der Waals surface area contributed by atoms with Crippen molar-refractivity contribution in [3.8, 4) is 0 Å². The standard InChI is InChI=1S/C17H13NO/c1-12-6-2-3-9-14(12)17(19)15-10-4-7-13-8-5-11-18-16(13)15/h2-11H,1H3. The van der Waals surface area contributed by atoms with Crippen LogP contribution in [0.25, 0.3) is 10.9 Å². The number of aromatic nitrogens is 1.